The van der Waals surface area contributed by atoms with Crippen LogP contribution >= 0.6 is 15.9 Å². The van der Waals surface area contributed by atoms with Crippen LogP contribution in [0, 0.1) is 0 Å². The molecule has 0 saturated heterocycles. The maximum Gasteiger partial charge on any atom is 0.231 e. The zero-order valence-corrected chi connectivity index (χ0v) is 16.8. The topological polar surface area (TPSA) is 63.5 Å². The number of halogens is 1. The van der Waals surface area contributed by atoms with Crippen molar-refractivity contribution in [1.29, 1.82) is 0 Å². The SMILES string of the molecule is COc1c2c(cc3c1C(CC(=NO)c1ccc(Br)cc1)N(C)CC3)OCO2. The van der Waals surface area contributed by atoms with Crippen LogP contribution in [0.25, 0.3) is 0 Å². The number of likely N-dealkylation sites (N-methyl/N-ethyl adjacent to an activating group) is 1. The zero-order chi connectivity index (χ0) is 19.0. The predicted octanol–water partition coefficient (Wildman–Crippen LogP) is 3.98. The third-order valence-corrected chi connectivity index (χ3v) is 5.76. The molecule has 1 N–H and O–H groups in total. The second-order valence-electron chi connectivity index (χ2n) is 6.72. The average Bonchev–Trinajstić information content (AvgIpc) is 3.15. The number of benzene rings is 2. The summed E-state index contributed by atoms with van der Waals surface area (Å²) in [5.41, 5.74) is 3.79. The Labute approximate surface area is 166 Å². The Balaban J connectivity index is 1.75. The molecule has 0 fully saturated rings. The van der Waals surface area contributed by atoms with Crippen molar-refractivity contribution < 1.29 is 19.4 Å². The van der Waals surface area contributed by atoms with Crippen molar-refractivity contribution in [3.05, 3.63) is 51.5 Å². The van der Waals surface area contributed by atoms with Gasteiger partial charge < -0.3 is 19.4 Å². The number of hydrogen-bond donors (Lipinski definition) is 1. The largest absolute Gasteiger partial charge is 0.492 e. The van der Waals surface area contributed by atoms with Crippen molar-refractivity contribution in [2.45, 2.75) is 18.9 Å². The molecule has 0 radical (unpaired) electrons. The van der Waals surface area contributed by atoms with Gasteiger partial charge in [-0.15, -0.1) is 0 Å². The van der Waals surface area contributed by atoms with E-state index in [0.717, 1.165) is 34.3 Å². The van der Waals surface area contributed by atoms with E-state index < -0.39 is 0 Å². The minimum absolute atomic E-state index is 0.00717. The van der Waals surface area contributed by atoms with E-state index in [9.17, 15) is 5.21 Å². The molecule has 1 atom stereocenters. The molecule has 6 nitrogen and oxygen atoms in total. The number of ether oxygens (including phenoxy) is 3. The van der Waals surface area contributed by atoms with E-state index in [-0.39, 0.29) is 12.8 Å². The first-order valence-corrected chi connectivity index (χ1v) is 9.58. The van der Waals surface area contributed by atoms with Gasteiger partial charge in [0.05, 0.1) is 12.8 Å². The predicted molar refractivity (Wildman–Crippen MR) is 105 cm³/mol. The van der Waals surface area contributed by atoms with Gasteiger partial charge in [0.25, 0.3) is 0 Å². The number of fused-ring (bicyclic) bond motifs is 2. The highest BCUT2D eigenvalue weighted by Gasteiger charge is 2.34. The van der Waals surface area contributed by atoms with Gasteiger partial charge in [0.1, 0.15) is 0 Å². The van der Waals surface area contributed by atoms with E-state index in [2.05, 4.69) is 39.1 Å². The molecule has 0 amide bonds. The maximum absolute atomic E-state index is 9.68. The number of nitrogens with zero attached hydrogens (tertiary/aromatic N) is 2. The first-order chi connectivity index (χ1) is 13.1. The third-order valence-electron chi connectivity index (χ3n) is 5.23. The van der Waals surface area contributed by atoms with Gasteiger partial charge in [-0.1, -0.05) is 33.2 Å². The molecule has 27 heavy (non-hydrogen) atoms. The van der Waals surface area contributed by atoms with Gasteiger partial charge in [-0.25, -0.2) is 0 Å². The number of hydrogen-bond acceptors (Lipinski definition) is 6. The normalized spacial score (nSPS) is 19.1. The van der Waals surface area contributed by atoms with Crippen LogP contribution in [0.15, 0.2) is 40.0 Å². The Hall–Kier alpha value is -2.25. The molecule has 2 aliphatic heterocycles. The van der Waals surface area contributed by atoms with Crippen LogP contribution in [0.3, 0.4) is 0 Å². The maximum atomic E-state index is 9.68. The molecule has 0 aromatic heterocycles. The first-order valence-electron chi connectivity index (χ1n) is 8.78. The molecule has 0 bridgehead atoms. The molecule has 142 valence electrons. The first kappa shape index (κ1) is 18.1. The Morgan fingerprint density at radius 3 is 2.81 bits per heavy atom. The van der Waals surface area contributed by atoms with Crippen LogP contribution in [0.5, 0.6) is 17.2 Å². The second-order valence-corrected chi connectivity index (χ2v) is 7.64. The van der Waals surface area contributed by atoms with Gasteiger partial charge in [-0.2, -0.15) is 0 Å². The third kappa shape index (κ3) is 3.26. The lowest BCUT2D eigenvalue weighted by molar-refractivity contribution is 0.170. The van der Waals surface area contributed by atoms with Gasteiger partial charge in [-0.05, 0) is 42.8 Å². The summed E-state index contributed by atoms with van der Waals surface area (Å²) in [6, 6.07) is 9.83. The van der Waals surface area contributed by atoms with E-state index in [1.54, 1.807) is 7.11 Å². The van der Waals surface area contributed by atoms with Crippen molar-refractivity contribution in [2.75, 3.05) is 27.5 Å². The fourth-order valence-electron chi connectivity index (χ4n) is 3.82. The summed E-state index contributed by atoms with van der Waals surface area (Å²) in [5.74, 6) is 2.10. The summed E-state index contributed by atoms with van der Waals surface area (Å²) in [6.45, 7) is 1.11. The second kappa shape index (κ2) is 7.40. The lowest BCUT2D eigenvalue weighted by Gasteiger charge is -2.36. The van der Waals surface area contributed by atoms with Crippen molar-refractivity contribution in [2.24, 2.45) is 5.16 Å². The van der Waals surface area contributed by atoms with E-state index in [4.69, 9.17) is 14.2 Å². The molecular weight excluding hydrogens is 412 g/mol. The Morgan fingerprint density at radius 1 is 1.33 bits per heavy atom. The molecule has 0 saturated carbocycles. The summed E-state index contributed by atoms with van der Waals surface area (Å²) in [6.07, 6.45) is 1.46. The Kier molecular flexibility index (Phi) is 4.97. The number of methoxy groups -OCH3 is 1. The smallest absolute Gasteiger partial charge is 0.231 e. The fourth-order valence-corrected chi connectivity index (χ4v) is 4.09. The van der Waals surface area contributed by atoms with Crippen LogP contribution < -0.4 is 14.2 Å². The molecule has 1 unspecified atom stereocenters. The van der Waals surface area contributed by atoms with Crippen molar-refractivity contribution in [3.63, 3.8) is 0 Å². The van der Waals surface area contributed by atoms with Gasteiger partial charge >= 0.3 is 0 Å². The van der Waals surface area contributed by atoms with Crippen LogP contribution in [-0.4, -0.2) is 43.3 Å². The van der Waals surface area contributed by atoms with E-state index in [1.165, 1.54) is 5.56 Å². The standard InChI is InChI=1S/C20H21BrN2O4/c1-23-8-7-13-9-17-19(27-11-26-17)20(25-2)18(13)16(23)10-15(22-24)12-3-5-14(21)6-4-12/h3-6,9,16,24H,7-8,10-11H2,1-2H3. The summed E-state index contributed by atoms with van der Waals surface area (Å²) >= 11 is 3.44. The molecule has 7 heteroatoms. The molecule has 2 aromatic rings. The van der Waals surface area contributed by atoms with Crippen molar-refractivity contribution in [3.8, 4) is 17.2 Å². The average molecular weight is 433 g/mol. The van der Waals surface area contributed by atoms with Gasteiger partial charge in [0.2, 0.25) is 12.5 Å². The molecular formula is C20H21BrN2O4. The van der Waals surface area contributed by atoms with E-state index in [1.807, 2.05) is 24.3 Å². The van der Waals surface area contributed by atoms with Crippen LogP contribution in [0.1, 0.15) is 29.2 Å². The Morgan fingerprint density at radius 2 is 2.11 bits per heavy atom. The summed E-state index contributed by atoms with van der Waals surface area (Å²) < 4.78 is 17.9. The summed E-state index contributed by atoms with van der Waals surface area (Å²) in [7, 11) is 3.73. The lowest BCUT2D eigenvalue weighted by Crippen LogP contribution is -2.34. The van der Waals surface area contributed by atoms with Gasteiger partial charge in [0, 0.05) is 29.0 Å². The molecule has 4 rings (SSSR count). The van der Waals surface area contributed by atoms with E-state index >= 15 is 0 Å². The number of oxime groups is 1. The quantitative estimate of drug-likeness (QED) is 0.449. The van der Waals surface area contributed by atoms with E-state index in [0.29, 0.717) is 23.6 Å². The summed E-state index contributed by atoms with van der Waals surface area (Å²) in [5, 5.41) is 13.3. The number of rotatable bonds is 4. The van der Waals surface area contributed by atoms with Gasteiger partial charge in [-0.3, -0.25) is 4.90 Å². The molecule has 2 aliphatic rings. The van der Waals surface area contributed by atoms with Gasteiger partial charge in [0.15, 0.2) is 11.5 Å². The highest BCUT2D eigenvalue weighted by atomic mass is 79.9. The van der Waals surface area contributed by atoms with Crippen LogP contribution in [0.2, 0.25) is 0 Å². The summed E-state index contributed by atoms with van der Waals surface area (Å²) in [4.78, 5) is 2.26. The lowest BCUT2D eigenvalue weighted by atomic mass is 9.87. The van der Waals surface area contributed by atoms with Crippen molar-refractivity contribution in [1.82, 2.24) is 4.90 Å². The minimum Gasteiger partial charge on any atom is -0.492 e. The Bertz CT molecular complexity index is 883. The molecule has 2 heterocycles. The monoisotopic (exact) mass is 432 g/mol. The van der Waals surface area contributed by atoms with Crippen LogP contribution in [-0.2, 0) is 6.42 Å². The minimum atomic E-state index is 0.00717. The highest BCUT2D eigenvalue weighted by molar-refractivity contribution is 9.10. The zero-order valence-electron chi connectivity index (χ0n) is 15.2. The fraction of sp³-hybridized carbons (Fsp3) is 0.350. The molecule has 0 spiro atoms. The molecule has 2 aromatic carbocycles. The van der Waals surface area contributed by atoms with Crippen LogP contribution in [0.4, 0.5) is 0 Å². The van der Waals surface area contributed by atoms with Crippen molar-refractivity contribution >= 4 is 21.6 Å². The highest BCUT2D eigenvalue weighted by Crippen LogP contribution is 2.50. The molecule has 0 aliphatic carbocycles.